The first-order chi connectivity index (χ1) is 5.45. The van der Waals surface area contributed by atoms with Crippen molar-refractivity contribution in [3.63, 3.8) is 0 Å². The van der Waals surface area contributed by atoms with Crippen LogP contribution >= 0.6 is 11.3 Å². The molecule has 1 nitrogen and oxygen atoms in total. The molecule has 0 aromatic carbocycles. The first-order valence-electron chi connectivity index (χ1n) is 4.19. The third kappa shape index (κ3) is 1.82. The molecule has 0 bridgehead atoms. The molecule has 1 aliphatic rings. The molecule has 60 valence electrons. The summed E-state index contributed by atoms with van der Waals surface area (Å²) in [6, 6.07) is 2.98. The molecule has 0 radical (unpaired) electrons. The van der Waals surface area contributed by atoms with E-state index in [2.05, 4.69) is 22.1 Å². The molecular weight excluding hydrogens is 154 g/mol. The Labute approximate surface area is 71.4 Å². The molecule has 1 unspecified atom stereocenters. The van der Waals surface area contributed by atoms with Gasteiger partial charge in [0.2, 0.25) is 0 Å². The molecule has 0 aliphatic carbocycles. The summed E-state index contributed by atoms with van der Waals surface area (Å²) in [6.07, 6.45) is 3.94. The van der Waals surface area contributed by atoms with Crippen LogP contribution in [0, 0.1) is 0 Å². The molecule has 0 amide bonds. The van der Waals surface area contributed by atoms with Crippen molar-refractivity contribution in [3.8, 4) is 0 Å². The maximum absolute atomic E-state index is 3.50. The Kier molecular flexibility index (Phi) is 2.24. The van der Waals surface area contributed by atoms with Crippen LogP contribution < -0.4 is 5.32 Å². The highest BCUT2D eigenvalue weighted by molar-refractivity contribution is 7.07. The minimum Gasteiger partial charge on any atom is -0.314 e. The summed E-state index contributed by atoms with van der Waals surface area (Å²) in [5, 5.41) is 7.91. The third-order valence-corrected chi connectivity index (χ3v) is 2.96. The zero-order valence-corrected chi connectivity index (χ0v) is 7.36. The highest BCUT2D eigenvalue weighted by Crippen LogP contribution is 2.13. The Morgan fingerprint density at radius 1 is 1.64 bits per heavy atom. The van der Waals surface area contributed by atoms with Crippen LogP contribution in [0.5, 0.6) is 0 Å². The van der Waals surface area contributed by atoms with E-state index >= 15 is 0 Å². The Bertz CT molecular complexity index is 199. The average molecular weight is 167 g/mol. The smallest absolute Gasteiger partial charge is 0.0108 e. The van der Waals surface area contributed by atoms with Crippen LogP contribution in [-0.2, 0) is 6.42 Å². The lowest BCUT2D eigenvalue weighted by Gasteiger charge is -2.07. The molecule has 1 N–H and O–H groups in total. The lowest BCUT2D eigenvalue weighted by atomic mass is 10.1. The van der Waals surface area contributed by atoms with Crippen LogP contribution in [0.2, 0.25) is 0 Å². The van der Waals surface area contributed by atoms with Gasteiger partial charge in [-0.1, -0.05) is 0 Å². The standard InChI is InChI=1S/C9H13NS/c1-2-9(10-4-1)6-8-3-5-11-7-8/h3,5,7,9-10H,1-2,4,6H2. The van der Waals surface area contributed by atoms with Gasteiger partial charge in [-0.2, -0.15) is 11.3 Å². The Morgan fingerprint density at radius 3 is 3.27 bits per heavy atom. The molecule has 1 aromatic rings. The second kappa shape index (κ2) is 3.37. The van der Waals surface area contributed by atoms with Crippen LogP contribution in [0.4, 0.5) is 0 Å². The van der Waals surface area contributed by atoms with Crippen molar-refractivity contribution in [2.75, 3.05) is 6.54 Å². The highest BCUT2D eigenvalue weighted by atomic mass is 32.1. The first kappa shape index (κ1) is 7.32. The molecule has 1 atom stereocenters. The van der Waals surface area contributed by atoms with Gasteiger partial charge in [-0.15, -0.1) is 0 Å². The predicted octanol–water partition coefficient (Wildman–Crippen LogP) is 2.04. The van der Waals surface area contributed by atoms with Gasteiger partial charge in [0, 0.05) is 6.04 Å². The molecule has 1 saturated heterocycles. The normalized spacial score (nSPS) is 24.2. The predicted molar refractivity (Wildman–Crippen MR) is 49.0 cm³/mol. The van der Waals surface area contributed by atoms with Crippen molar-refractivity contribution in [2.45, 2.75) is 25.3 Å². The van der Waals surface area contributed by atoms with Crippen molar-refractivity contribution in [1.82, 2.24) is 5.32 Å². The summed E-state index contributed by atoms with van der Waals surface area (Å²) in [4.78, 5) is 0. The van der Waals surface area contributed by atoms with E-state index in [-0.39, 0.29) is 0 Å². The van der Waals surface area contributed by atoms with Crippen LogP contribution in [-0.4, -0.2) is 12.6 Å². The molecule has 0 spiro atoms. The number of hydrogen-bond acceptors (Lipinski definition) is 2. The summed E-state index contributed by atoms with van der Waals surface area (Å²) in [5.41, 5.74) is 1.49. The van der Waals surface area contributed by atoms with Crippen molar-refractivity contribution in [2.24, 2.45) is 0 Å². The van der Waals surface area contributed by atoms with Gasteiger partial charge in [-0.3, -0.25) is 0 Å². The van der Waals surface area contributed by atoms with Gasteiger partial charge in [0.05, 0.1) is 0 Å². The largest absolute Gasteiger partial charge is 0.314 e. The van der Waals surface area contributed by atoms with Crippen LogP contribution in [0.25, 0.3) is 0 Å². The van der Waals surface area contributed by atoms with Gasteiger partial charge in [0.1, 0.15) is 0 Å². The molecule has 2 heteroatoms. The Balaban J connectivity index is 1.90. The average Bonchev–Trinajstić information content (AvgIpc) is 2.60. The van der Waals surface area contributed by atoms with Crippen molar-refractivity contribution < 1.29 is 0 Å². The van der Waals surface area contributed by atoms with Gasteiger partial charge in [0.15, 0.2) is 0 Å². The zero-order valence-electron chi connectivity index (χ0n) is 6.55. The topological polar surface area (TPSA) is 12.0 Å². The second-order valence-corrected chi connectivity index (χ2v) is 3.91. The summed E-state index contributed by atoms with van der Waals surface area (Å²) in [7, 11) is 0. The zero-order chi connectivity index (χ0) is 7.52. The minimum atomic E-state index is 0.754. The fraction of sp³-hybridized carbons (Fsp3) is 0.556. The fourth-order valence-electron chi connectivity index (χ4n) is 1.62. The van der Waals surface area contributed by atoms with Crippen LogP contribution in [0.1, 0.15) is 18.4 Å². The summed E-state index contributed by atoms with van der Waals surface area (Å²) < 4.78 is 0. The van der Waals surface area contributed by atoms with Gasteiger partial charge < -0.3 is 5.32 Å². The van der Waals surface area contributed by atoms with Crippen molar-refractivity contribution >= 4 is 11.3 Å². The molecule has 1 aliphatic heterocycles. The van der Waals surface area contributed by atoms with Crippen molar-refractivity contribution in [3.05, 3.63) is 22.4 Å². The monoisotopic (exact) mass is 167 g/mol. The van der Waals surface area contributed by atoms with E-state index in [1.54, 1.807) is 11.3 Å². The molecule has 1 aromatic heterocycles. The number of nitrogens with one attached hydrogen (secondary N) is 1. The fourth-order valence-corrected chi connectivity index (χ4v) is 2.31. The van der Waals surface area contributed by atoms with E-state index in [9.17, 15) is 0 Å². The van der Waals surface area contributed by atoms with Gasteiger partial charge in [0.25, 0.3) is 0 Å². The molecule has 11 heavy (non-hydrogen) atoms. The summed E-state index contributed by atoms with van der Waals surface area (Å²) in [5.74, 6) is 0. The van der Waals surface area contributed by atoms with E-state index in [1.165, 1.54) is 31.4 Å². The highest BCUT2D eigenvalue weighted by Gasteiger charge is 2.13. The number of hydrogen-bond donors (Lipinski definition) is 1. The number of rotatable bonds is 2. The van der Waals surface area contributed by atoms with Gasteiger partial charge in [-0.25, -0.2) is 0 Å². The maximum atomic E-state index is 3.50. The van der Waals surface area contributed by atoms with Gasteiger partial charge in [-0.05, 0) is 48.2 Å². The lowest BCUT2D eigenvalue weighted by molar-refractivity contribution is 0.604. The Hall–Kier alpha value is -0.340. The molecule has 1 fully saturated rings. The lowest BCUT2D eigenvalue weighted by Crippen LogP contribution is -2.23. The minimum absolute atomic E-state index is 0.754. The van der Waals surface area contributed by atoms with E-state index in [0.717, 1.165) is 6.04 Å². The quantitative estimate of drug-likeness (QED) is 0.711. The van der Waals surface area contributed by atoms with Gasteiger partial charge >= 0.3 is 0 Å². The van der Waals surface area contributed by atoms with E-state index in [4.69, 9.17) is 0 Å². The maximum Gasteiger partial charge on any atom is 0.0108 e. The molecular formula is C9H13NS. The third-order valence-electron chi connectivity index (χ3n) is 2.22. The summed E-state index contributed by atoms with van der Waals surface area (Å²) >= 11 is 1.80. The van der Waals surface area contributed by atoms with Crippen LogP contribution in [0.3, 0.4) is 0 Å². The first-order valence-corrected chi connectivity index (χ1v) is 5.14. The Morgan fingerprint density at radius 2 is 2.64 bits per heavy atom. The van der Waals surface area contributed by atoms with Crippen molar-refractivity contribution in [1.29, 1.82) is 0 Å². The van der Waals surface area contributed by atoms with Crippen LogP contribution in [0.15, 0.2) is 16.8 Å². The van der Waals surface area contributed by atoms with E-state index in [1.807, 2.05) is 0 Å². The summed E-state index contributed by atoms with van der Waals surface area (Å²) in [6.45, 7) is 1.22. The molecule has 2 heterocycles. The SMILES string of the molecule is c1cc(CC2CCCN2)cs1. The van der Waals surface area contributed by atoms with E-state index in [0.29, 0.717) is 0 Å². The molecule has 2 rings (SSSR count). The second-order valence-electron chi connectivity index (χ2n) is 3.13. The molecule has 0 saturated carbocycles. The van der Waals surface area contributed by atoms with E-state index < -0.39 is 0 Å². The number of thiophene rings is 1.